The van der Waals surface area contributed by atoms with E-state index < -0.39 is 12.1 Å². The van der Waals surface area contributed by atoms with E-state index in [1.54, 1.807) is 0 Å². The van der Waals surface area contributed by atoms with Crippen molar-refractivity contribution in [3.63, 3.8) is 0 Å². The highest BCUT2D eigenvalue weighted by Crippen LogP contribution is 2.13. The van der Waals surface area contributed by atoms with Gasteiger partial charge >= 0.3 is 17.9 Å². The van der Waals surface area contributed by atoms with Crippen molar-refractivity contribution in [2.24, 2.45) is 0 Å². The number of ether oxygens (including phenoxy) is 3. The van der Waals surface area contributed by atoms with Crippen molar-refractivity contribution >= 4 is 17.9 Å². The van der Waals surface area contributed by atoms with E-state index in [-0.39, 0.29) is 31.6 Å². The Balaban J connectivity index is 4.19. The zero-order chi connectivity index (χ0) is 54.3. The zero-order valence-electron chi connectivity index (χ0n) is 47.7. The van der Waals surface area contributed by atoms with Crippen LogP contribution in [-0.2, 0) is 28.6 Å². The minimum Gasteiger partial charge on any atom is -0.462 e. The molecule has 0 bridgehead atoms. The van der Waals surface area contributed by atoms with E-state index in [0.29, 0.717) is 19.3 Å². The van der Waals surface area contributed by atoms with Gasteiger partial charge in [0.15, 0.2) is 6.10 Å². The molecule has 0 radical (unpaired) electrons. The first-order chi connectivity index (χ1) is 37.0. The first kappa shape index (κ1) is 69.8. The van der Waals surface area contributed by atoms with Crippen LogP contribution >= 0.6 is 0 Å². The molecule has 6 nitrogen and oxygen atoms in total. The fourth-order valence-electron chi connectivity index (χ4n) is 7.36. The Hall–Kier alpha value is -5.23. The van der Waals surface area contributed by atoms with Crippen LogP contribution < -0.4 is 0 Å². The fourth-order valence-corrected chi connectivity index (χ4v) is 7.36. The van der Waals surface area contributed by atoms with Gasteiger partial charge in [-0.25, -0.2) is 0 Å². The summed E-state index contributed by atoms with van der Waals surface area (Å²) in [7, 11) is 0. The topological polar surface area (TPSA) is 78.9 Å². The molecule has 0 aromatic carbocycles. The molecule has 0 heterocycles. The standard InChI is InChI=1S/C69H106O6/c1-4-7-10-13-15-17-19-21-23-25-27-28-29-30-31-32-33-34-35-36-37-38-39-40-42-43-45-47-49-51-53-56-59-62-68(71)74-65-66(64-73-67(70)61-58-55-12-9-6-3)75-69(72)63-60-57-54-52-50-48-46-44-41-26-24-22-20-18-16-14-11-8-5-2/h7-8,10-11,15-18,21-24,27-28,30-31,33-34,36-37,39-41,44,48,50,54,57,66H,4-6,9,12-14,19-20,25-26,29,32,35,38,42-43,45-47,49,51-53,55-56,58-65H2,1-3H3/b10-7-,11-8-,17-15-,18-16-,23-21-,24-22-,28-27-,31-30-,34-33-,37-36-,40-39-,44-41-,50-48-,57-54-. The van der Waals surface area contributed by atoms with Crippen LogP contribution in [-0.4, -0.2) is 37.2 Å². The fraction of sp³-hybridized carbons (Fsp3) is 0.551. The van der Waals surface area contributed by atoms with Gasteiger partial charge in [0.1, 0.15) is 13.2 Å². The maximum atomic E-state index is 12.7. The van der Waals surface area contributed by atoms with Crippen LogP contribution in [0.15, 0.2) is 170 Å². The lowest BCUT2D eigenvalue weighted by Crippen LogP contribution is -2.30. The molecule has 0 spiro atoms. The van der Waals surface area contributed by atoms with Crippen molar-refractivity contribution in [2.45, 2.75) is 232 Å². The Bertz CT molecular complexity index is 1750. The highest BCUT2D eigenvalue weighted by Gasteiger charge is 2.19. The Kier molecular flexibility index (Phi) is 57.0. The highest BCUT2D eigenvalue weighted by molar-refractivity contribution is 5.71. The van der Waals surface area contributed by atoms with Gasteiger partial charge in [0.25, 0.3) is 0 Å². The summed E-state index contributed by atoms with van der Waals surface area (Å²) < 4.78 is 16.6. The highest BCUT2D eigenvalue weighted by atomic mass is 16.6. The number of unbranched alkanes of at least 4 members (excludes halogenated alkanes) is 12. The number of hydrogen-bond donors (Lipinski definition) is 0. The van der Waals surface area contributed by atoms with Gasteiger partial charge in [-0.15, -0.1) is 0 Å². The molecule has 0 aliphatic heterocycles. The van der Waals surface area contributed by atoms with Gasteiger partial charge in [-0.2, -0.15) is 0 Å². The largest absolute Gasteiger partial charge is 0.462 e. The second-order valence-corrected chi connectivity index (χ2v) is 18.8. The molecule has 0 fully saturated rings. The molecule has 0 aromatic heterocycles. The van der Waals surface area contributed by atoms with E-state index >= 15 is 0 Å². The SMILES string of the molecule is CC/C=C\C/C=C\C/C=C\C/C=C\C/C=C\C/C=C\C/C=C\C/C=C\CCCCCCCCCCC(=O)OCC(COC(=O)CCCCCCC)OC(=O)CC/C=C\C/C=C\C/C=C\C/C=C\C/C=C\C/C=C\CC. The lowest BCUT2D eigenvalue weighted by Gasteiger charge is -2.18. The average Bonchev–Trinajstić information content (AvgIpc) is 3.41. The van der Waals surface area contributed by atoms with Crippen LogP contribution in [0.4, 0.5) is 0 Å². The molecular weight excluding hydrogens is 925 g/mol. The molecule has 1 atom stereocenters. The van der Waals surface area contributed by atoms with Crippen LogP contribution in [0.3, 0.4) is 0 Å². The average molecular weight is 1030 g/mol. The third-order valence-electron chi connectivity index (χ3n) is 11.7. The number of carbonyl (C=O) groups excluding carboxylic acids is 3. The summed E-state index contributed by atoms with van der Waals surface area (Å²) in [5.74, 6) is -1.04. The molecule has 0 saturated carbocycles. The molecule has 0 amide bonds. The van der Waals surface area contributed by atoms with Gasteiger partial charge in [0.2, 0.25) is 0 Å². The van der Waals surface area contributed by atoms with Crippen LogP contribution in [0.25, 0.3) is 0 Å². The summed E-state index contributed by atoms with van der Waals surface area (Å²) in [5, 5.41) is 0. The Morgan fingerprint density at radius 3 is 0.867 bits per heavy atom. The molecule has 0 N–H and O–H groups in total. The third kappa shape index (κ3) is 59.5. The lowest BCUT2D eigenvalue weighted by atomic mass is 10.1. The minimum atomic E-state index is -0.826. The van der Waals surface area contributed by atoms with Gasteiger partial charge in [-0.1, -0.05) is 255 Å². The van der Waals surface area contributed by atoms with E-state index in [9.17, 15) is 14.4 Å². The first-order valence-corrected chi connectivity index (χ1v) is 29.6. The van der Waals surface area contributed by atoms with Crippen molar-refractivity contribution in [3.05, 3.63) is 170 Å². The Morgan fingerprint density at radius 2 is 0.547 bits per heavy atom. The molecule has 0 aliphatic rings. The molecule has 75 heavy (non-hydrogen) atoms. The molecule has 0 aromatic rings. The molecule has 0 saturated heterocycles. The van der Waals surface area contributed by atoms with E-state index in [4.69, 9.17) is 14.2 Å². The molecule has 6 heteroatoms. The van der Waals surface area contributed by atoms with E-state index in [1.807, 2.05) is 12.2 Å². The maximum Gasteiger partial charge on any atom is 0.306 e. The normalized spacial score (nSPS) is 13.4. The van der Waals surface area contributed by atoms with E-state index in [0.717, 1.165) is 148 Å². The summed E-state index contributed by atoms with van der Waals surface area (Å²) >= 11 is 0. The predicted octanol–water partition coefficient (Wildman–Crippen LogP) is 20.3. The number of esters is 3. The Morgan fingerprint density at radius 1 is 0.280 bits per heavy atom. The van der Waals surface area contributed by atoms with Gasteiger partial charge in [0, 0.05) is 19.3 Å². The summed E-state index contributed by atoms with van der Waals surface area (Å²) in [6.45, 7) is 6.23. The molecule has 0 aliphatic carbocycles. The predicted molar refractivity (Wildman–Crippen MR) is 325 cm³/mol. The second kappa shape index (κ2) is 61.3. The number of carbonyl (C=O) groups is 3. The van der Waals surface area contributed by atoms with Gasteiger partial charge < -0.3 is 14.2 Å². The van der Waals surface area contributed by atoms with Crippen LogP contribution in [0.5, 0.6) is 0 Å². The van der Waals surface area contributed by atoms with Crippen molar-refractivity contribution in [1.29, 1.82) is 0 Å². The van der Waals surface area contributed by atoms with Crippen molar-refractivity contribution < 1.29 is 28.6 Å². The smallest absolute Gasteiger partial charge is 0.306 e. The summed E-state index contributed by atoms with van der Waals surface area (Å²) in [6.07, 6.45) is 91.2. The third-order valence-corrected chi connectivity index (χ3v) is 11.7. The van der Waals surface area contributed by atoms with Gasteiger partial charge in [0.05, 0.1) is 0 Å². The zero-order valence-corrected chi connectivity index (χ0v) is 47.7. The summed E-state index contributed by atoms with van der Waals surface area (Å²) in [5.41, 5.74) is 0. The quantitative estimate of drug-likeness (QED) is 0.0261. The summed E-state index contributed by atoms with van der Waals surface area (Å²) in [4.78, 5) is 37.8. The summed E-state index contributed by atoms with van der Waals surface area (Å²) in [6, 6.07) is 0. The monoisotopic (exact) mass is 1030 g/mol. The maximum absolute atomic E-state index is 12.7. The Labute approximate surface area is 460 Å². The molecular formula is C69H106O6. The number of allylic oxidation sites excluding steroid dienone is 28. The molecule has 418 valence electrons. The molecule has 1 unspecified atom stereocenters. The molecule has 0 rings (SSSR count). The van der Waals surface area contributed by atoms with Crippen LogP contribution in [0.2, 0.25) is 0 Å². The van der Waals surface area contributed by atoms with Gasteiger partial charge in [-0.3, -0.25) is 14.4 Å². The minimum absolute atomic E-state index is 0.118. The van der Waals surface area contributed by atoms with Crippen molar-refractivity contribution in [2.75, 3.05) is 13.2 Å². The number of hydrogen-bond acceptors (Lipinski definition) is 6. The van der Waals surface area contributed by atoms with E-state index in [2.05, 4.69) is 179 Å². The number of rotatable bonds is 51. The van der Waals surface area contributed by atoms with Gasteiger partial charge in [-0.05, 0) is 122 Å². The van der Waals surface area contributed by atoms with Crippen molar-refractivity contribution in [1.82, 2.24) is 0 Å². The van der Waals surface area contributed by atoms with E-state index in [1.165, 1.54) is 32.1 Å². The van der Waals surface area contributed by atoms with Crippen molar-refractivity contribution in [3.8, 4) is 0 Å². The lowest BCUT2D eigenvalue weighted by molar-refractivity contribution is -0.166. The van der Waals surface area contributed by atoms with Crippen LogP contribution in [0.1, 0.15) is 226 Å². The second-order valence-electron chi connectivity index (χ2n) is 18.8. The van der Waals surface area contributed by atoms with Crippen LogP contribution in [0, 0.1) is 0 Å². The first-order valence-electron chi connectivity index (χ1n) is 29.6.